The number of pyridine rings is 2. The van der Waals surface area contributed by atoms with Crippen molar-refractivity contribution in [2.75, 3.05) is 18.5 Å². The molecular formula is C13H14N4O3. The van der Waals surface area contributed by atoms with E-state index in [2.05, 4.69) is 20.6 Å². The first kappa shape index (κ1) is 13.7. The minimum absolute atomic E-state index is 0.0978. The molecule has 0 atom stereocenters. The van der Waals surface area contributed by atoms with E-state index >= 15 is 0 Å². The van der Waals surface area contributed by atoms with Gasteiger partial charge in [-0.1, -0.05) is 0 Å². The monoisotopic (exact) mass is 274 g/mol. The standard InChI is InChI=1S/C13H14N4O3/c1-9(18)15-4-5-20-13(19)17-12-6-11-7-14-3-2-10(11)8-16-12/h2-3,6-8H,4-5H2,1H3,(H,15,18)(H,16,17,19). The molecule has 2 heterocycles. The van der Waals surface area contributed by atoms with Gasteiger partial charge >= 0.3 is 6.09 Å². The van der Waals surface area contributed by atoms with Crippen molar-refractivity contribution in [1.82, 2.24) is 15.3 Å². The molecule has 0 radical (unpaired) electrons. The lowest BCUT2D eigenvalue weighted by molar-refractivity contribution is -0.119. The fourth-order valence-corrected chi connectivity index (χ4v) is 1.56. The van der Waals surface area contributed by atoms with Crippen LogP contribution in [0.1, 0.15) is 6.92 Å². The van der Waals surface area contributed by atoms with Gasteiger partial charge in [-0.2, -0.15) is 0 Å². The van der Waals surface area contributed by atoms with Crippen LogP contribution in [0.3, 0.4) is 0 Å². The molecule has 0 saturated carbocycles. The van der Waals surface area contributed by atoms with Crippen molar-refractivity contribution in [3.05, 3.63) is 30.7 Å². The third-order valence-corrected chi connectivity index (χ3v) is 2.46. The summed E-state index contributed by atoms with van der Waals surface area (Å²) >= 11 is 0. The van der Waals surface area contributed by atoms with Gasteiger partial charge in [0.15, 0.2) is 0 Å². The van der Waals surface area contributed by atoms with Gasteiger partial charge < -0.3 is 10.1 Å². The highest BCUT2D eigenvalue weighted by Gasteiger charge is 2.05. The second-order valence-electron chi connectivity index (χ2n) is 4.04. The number of amides is 2. The molecule has 0 aromatic carbocycles. The van der Waals surface area contributed by atoms with Crippen molar-refractivity contribution in [3.8, 4) is 0 Å². The van der Waals surface area contributed by atoms with Crippen molar-refractivity contribution in [2.24, 2.45) is 0 Å². The summed E-state index contributed by atoms with van der Waals surface area (Å²) in [6.45, 7) is 1.77. The minimum Gasteiger partial charge on any atom is -0.447 e. The van der Waals surface area contributed by atoms with E-state index in [4.69, 9.17) is 4.74 Å². The molecule has 7 heteroatoms. The molecule has 0 aliphatic rings. The average Bonchev–Trinajstić information content (AvgIpc) is 2.43. The van der Waals surface area contributed by atoms with Gasteiger partial charge in [0.05, 0.1) is 6.54 Å². The molecule has 2 amide bonds. The molecule has 7 nitrogen and oxygen atoms in total. The van der Waals surface area contributed by atoms with E-state index in [0.717, 1.165) is 10.8 Å². The first-order valence-electron chi connectivity index (χ1n) is 6.03. The number of hydrogen-bond acceptors (Lipinski definition) is 5. The van der Waals surface area contributed by atoms with E-state index in [1.807, 2.05) is 6.07 Å². The Morgan fingerprint density at radius 3 is 2.95 bits per heavy atom. The maximum atomic E-state index is 11.5. The van der Waals surface area contributed by atoms with Crippen LogP contribution in [0.5, 0.6) is 0 Å². The zero-order chi connectivity index (χ0) is 14.4. The number of carbonyl (C=O) groups is 2. The average molecular weight is 274 g/mol. The molecule has 0 bridgehead atoms. The Labute approximate surface area is 115 Å². The highest BCUT2D eigenvalue weighted by molar-refractivity contribution is 5.88. The van der Waals surface area contributed by atoms with Gasteiger partial charge in [0.25, 0.3) is 0 Å². The summed E-state index contributed by atoms with van der Waals surface area (Å²) in [6, 6.07) is 3.54. The van der Waals surface area contributed by atoms with Crippen molar-refractivity contribution in [3.63, 3.8) is 0 Å². The lowest BCUT2D eigenvalue weighted by Gasteiger charge is -2.07. The van der Waals surface area contributed by atoms with Gasteiger partial charge in [-0.3, -0.25) is 15.1 Å². The van der Waals surface area contributed by atoms with E-state index in [1.165, 1.54) is 6.92 Å². The topological polar surface area (TPSA) is 93.2 Å². The summed E-state index contributed by atoms with van der Waals surface area (Å²) in [7, 11) is 0. The van der Waals surface area contributed by atoms with Crippen molar-refractivity contribution >= 4 is 28.6 Å². The molecule has 20 heavy (non-hydrogen) atoms. The van der Waals surface area contributed by atoms with Crippen LogP contribution in [0.15, 0.2) is 30.7 Å². The number of nitrogens with one attached hydrogen (secondary N) is 2. The van der Waals surface area contributed by atoms with E-state index < -0.39 is 6.09 Å². The molecule has 0 aliphatic heterocycles. The normalized spacial score (nSPS) is 10.1. The molecule has 0 saturated heterocycles. The number of nitrogens with zero attached hydrogens (tertiary/aromatic N) is 2. The van der Waals surface area contributed by atoms with Crippen molar-refractivity contribution < 1.29 is 14.3 Å². The highest BCUT2D eigenvalue weighted by atomic mass is 16.5. The quantitative estimate of drug-likeness (QED) is 0.820. The van der Waals surface area contributed by atoms with Crippen molar-refractivity contribution in [1.29, 1.82) is 0 Å². The van der Waals surface area contributed by atoms with Crippen LogP contribution in [-0.4, -0.2) is 35.1 Å². The lowest BCUT2D eigenvalue weighted by Crippen LogP contribution is -2.26. The Balaban J connectivity index is 1.88. The number of anilines is 1. The van der Waals surface area contributed by atoms with Crippen LogP contribution in [0.25, 0.3) is 10.8 Å². The van der Waals surface area contributed by atoms with E-state index in [-0.39, 0.29) is 19.1 Å². The molecule has 2 N–H and O–H groups in total. The summed E-state index contributed by atoms with van der Waals surface area (Å²) in [5, 5.41) is 6.84. The van der Waals surface area contributed by atoms with Crippen LogP contribution in [0, 0.1) is 0 Å². The number of ether oxygens (including phenoxy) is 1. The molecular weight excluding hydrogens is 260 g/mol. The third kappa shape index (κ3) is 3.91. The molecule has 0 fully saturated rings. The number of aromatic nitrogens is 2. The SMILES string of the molecule is CC(=O)NCCOC(=O)Nc1cc2cnccc2cn1. The van der Waals surface area contributed by atoms with Gasteiger partial charge in [-0.25, -0.2) is 9.78 Å². The van der Waals surface area contributed by atoms with Gasteiger partial charge in [-0.05, 0) is 12.1 Å². The lowest BCUT2D eigenvalue weighted by atomic mass is 10.2. The fraction of sp³-hybridized carbons (Fsp3) is 0.231. The molecule has 0 aliphatic carbocycles. The Morgan fingerprint density at radius 2 is 2.15 bits per heavy atom. The van der Waals surface area contributed by atoms with Gasteiger partial charge in [0.1, 0.15) is 12.4 Å². The number of fused-ring (bicyclic) bond motifs is 1. The first-order chi connectivity index (χ1) is 9.65. The van der Waals surface area contributed by atoms with Gasteiger partial charge in [0.2, 0.25) is 5.91 Å². The van der Waals surface area contributed by atoms with E-state index in [9.17, 15) is 9.59 Å². The summed E-state index contributed by atoms with van der Waals surface area (Å²) in [5.74, 6) is 0.215. The fourth-order valence-electron chi connectivity index (χ4n) is 1.56. The Morgan fingerprint density at radius 1 is 1.30 bits per heavy atom. The Hall–Kier alpha value is -2.70. The van der Waals surface area contributed by atoms with Crippen LogP contribution >= 0.6 is 0 Å². The van der Waals surface area contributed by atoms with Crippen molar-refractivity contribution in [2.45, 2.75) is 6.92 Å². The number of carbonyl (C=O) groups excluding carboxylic acids is 2. The second kappa shape index (κ2) is 6.46. The summed E-state index contributed by atoms with van der Waals surface area (Å²) in [4.78, 5) is 30.2. The molecule has 2 aromatic rings. The van der Waals surface area contributed by atoms with Crippen LogP contribution < -0.4 is 10.6 Å². The summed E-state index contributed by atoms with van der Waals surface area (Å²) in [6.07, 6.45) is 4.38. The molecule has 2 aromatic heterocycles. The third-order valence-electron chi connectivity index (χ3n) is 2.46. The molecule has 0 spiro atoms. The van der Waals surface area contributed by atoms with Crippen LogP contribution in [0.2, 0.25) is 0 Å². The minimum atomic E-state index is -0.619. The zero-order valence-electron chi connectivity index (χ0n) is 10.9. The summed E-state index contributed by atoms with van der Waals surface area (Å²) in [5.41, 5.74) is 0. The number of hydrogen-bond donors (Lipinski definition) is 2. The second-order valence-corrected chi connectivity index (χ2v) is 4.04. The highest BCUT2D eigenvalue weighted by Crippen LogP contribution is 2.14. The summed E-state index contributed by atoms with van der Waals surface area (Å²) < 4.78 is 4.89. The maximum absolute atomic E-state index is 11.5. The van der Waals surface area contributed by atoms with E-state index in [1.54, 1.807) is 24.7 Å². The largest absolute Gasteiger partial charge is 0.447 e. The van der Waals surface area contributed by atoms with Gasteiger partial charge in [0, 0.05) is 36.3 Å². The Kier molecular flexibility index (Phi) is 4.43. The maximum Gasteiger partial charge on any atom is 0.412 e. The predicted octanol–water partition coefficient (Wildman–Crippen LogP) is 1.31. The molecule has 2 rings (SSSR count). The smallest absolute Gasteiger partial charge is 0.412 e. The first-order valence-corrected chi connectivity index (χ1v) is 6.03. The van der Waals surface area contributed by atoms with Crippen LogP contribution in [-0.2, 0) is 9.53 Å². The van der Waals surface area contributed by atoms with E-state index in [0.29, 0.717) is 5.82 Å². The molecule has 0 unspecified atom stereocenters. The predicted molar refractivity (Wildman–Crippen MR) is 73.2 cm³/mol. The van der Waals surface area contributed by atoms with Gasteiger partial charge in [-0.15, -0.1) is 0 Å². The number of rotatable bonds is 4. The molecule has 104 valence electrons. The van der Waals surface area contributed by atoms with Crippen LogP contribution in [0.4, 0.5) is 10.6 Å². The Bertz CT molecular complexity index is 630. The zero-order valence-corrected chi connectivity index (χ0v) is 10.9.